The van der Waals surface area contributed by atoms with E-state index in [0.29, 0.717) is 5.69 Å². The summed E-state index contributed by atoms with van der Waals surface area (Å²) in [5.41, 5.74) is -0.636. The van der Waals surface area contributed by atoms with Crippen molar-refractivity contribution in [2.75, 3.05) is 30.5 Å². The van der Waals surface area contributed by atoms with Crippen LogP contribution in [0.3, 0.4) is 0 Å². The number of carbonyl (C=O) groups is 3. The lowest BCUT2D eigenvalue weighted by molar-refractivity contribution is -0.137. The Kier molecular flexibility index (Phi) is 6.59. The molecule has 164 valence electrons. The van der Waals surface area contributed by atoms with Gasteiger partial charge < -0.3 is 14.8 Å². The van der Waals surface area contributed by atoms with Gasteiger partial charge in [-0.25, -0.2) is 0 Å². The van der Waals surface area contributed by atoms with Crippen LogP contribution in [0.15, 0.2) is 42.5 Å². The molecule has 0 radical (unpaired) electrons. The van der Waals surface area contributed by atoms with Gasteiger partial charge in [-0.15, -0.1) is 0 Å². The van der Waals surface area contributed by atoms with Crippen molar-refractivity contribution in [2.24, 2.45) is 0 Å². The highest BCUT2D eigenvalue weighted by Crippen LogP contribution is 2.35. The van der Waals surface area contributed by atoms with Crippen LogP contribution in [0.1, 0.15) is 28.8 Å². The van der Waals surface area contributed by atoms with E-state index in [2.05, 4.69) is 5.32 Å². The maximum absolute atomic E-state index is 13.1. The van der Waals surface area contributed by atoms with Gasteiger partial charge in [-0.1, -0.05) is 0 Å². The third-order valence-corrected chi connectivity index (χ3v) is 4.54. The van der Waals surface area contributed by atoms with Crippen molar-refractivity contribution < 1.29 is 37.0 Å². The van der Waals surface area contributed by atoms with Gasteiger partial charge in [-0.2, -0.15) is 13.2 Å². The number of halogens is 3. The Morgan fingerprint density at radius 3 is 2.26 bits per heavy atom. The number of methoxy groups -OCH3 is 1. The van der Waals surface area contributed by atoms with Crippen molar-refractivity contribution in [3.05, 3.63) is 53.6 Å². The number of nitrogens with one attached hydrogen (secondary N) is 1. The van der Waals surface area contributed by atoms with Gasteiger partial charge in [0.05, 0.1) is 23.5 Å². The number of benzene rings is 2. The van der Waals surface area contributed by atoms with E-state index < -0.39 is 17.6 Å². The van der Waals surface area contributed by atoms with Crippen LogP contribution >= 0.6 is 0 Å². The van der Waals surface area contributed by atoms with Gasteiger partial charge in [-0.3, -0.25) is 19.3 Å². The summed E-state index contributed by atoms with van der Waals surface area (Å²) in [6.45, 7) is 0.293. The minimum absolute atomic E-state index is 0.0586. The monoisotopic (exact) mass is 436 g/mol. The molecule has 1 aliphatic rings. The minimum atomic E-state index is -4.60. The number of ether oxygens (including phenoxy) is 2. The first-order valence-electron chi connectivity index (χ1n) is 9.31. The third-order valence-electron chi connectivity index (χ3n) is 4.54. The summed E-state index contributed by atoms with van der Waals surface area (Å²) in [5, 5.41) is 2.42. The molecule has 2 aromatic carbocycles. The smallest absolute Gasteiger partial charge is 0.416 e. The molecule has 0 aromatic heterocycles. The van der Waals surface area contributed by atoms with Crippen LogP contribution in [0.4, 0.5) is 24.5 Å². The molecule has 7 nitrogen and oxygen atoms in total. The fourth-order valence-corrected chi connectivity index (χ4v) is 2.99. The molecular weight excluding hydrogens is 417 g/mol. The zero-order valence-corrected chi connectivity index (χ0v) is 16.5. The van der Waals surface area contributed by atoms with Crippen molar-refractivity contribution in [2.45, 2.75) is 19.0 Å². The van der Waals surface area contributed by atoms with E-state index in [1.807, 2.05) is 0 Å². The molecule has 1 N–H and O–H groups in total. The number of alkyl halides is 3. The lowest BCUT2D eigenvalue weighted by Gasteiger charge is -2.16. The number of rotatable bonds is 7. The van der Waals surface area contributed by atoms with Gasteiger partial charge in [0.2, 0.25) is 11.8 Å². The number of anilines is 2. The van der Waals surface area contributed by atoms with E-state index in [4.69, 9.17) is 9.47 Å². The predicted molar refractivity (Wildman–Crippen MR) is 105 cm³/mol. The van der Waals surface area contributed by atoms with Crippen LogP contribution < -0.4 is 15.0 Å². The molecule has 1 saturated heterocycles. The van der Waals surface area contributed by atoms with E-state index in [-0.39, 0.29) is 54.9 Å². The fourth-order valence-electron chi connectivity index (χ4n) is 2.99. The zero-order chi connectivity index (χ0) is 22.6. The normalized spacial score (nSPS) is 14.1. The van der Waals surface area contributed by atoms with E-state index >= 15 is 0 Å². The summed E-state index contributed by atoms with van der Waals surface area (Å²) in [6.07, 6.45) is -4.34. The Morgan fingerprint density at radius 2 is 1.68 bits per heavy atom. The van der Waals surface area contributed by atoms with Crippen molar-refractivity contribution >= 4 is 29.1 Å². The molecule has 3 amide bonds. The Hall–Kier alpha value is -3.40. The van der Waals surface area contributed by atoms with Gasteiger partial charge in [0.15, 0.2) is 0 Å². The SMILES string of the molecule is COCCOc1ccc(C(F)(F)F)cc1NC(=O)c1ccc(N2C(=O)CCC2=O)cc1. The van der Waals surface area contributed by atoms with Gasteiger partial charge in [0, 0.05) is 25.5 Å². The fraction of sp³-hybridized carbons (Fsp3) is 0.286. The van der Waals surface area contributed by atoms with E-state index in [9.17, 15) is 27.6 Å². The van der Waals surface area contributed by atoms with E-state index in [1.54, 1.807) is 0 Å². The highest BCUT2D eigenvalue weighted by atomic mass is 19.4. The second kappa shape index (κ2) is 9.17. The summed E-state index contributed by atoms with van der Waals surface area (Å²) in [5.74, 6) is -1.28. The van der Waals surface area contributed by atoms with Gasteiger partial charge in [0.25, 0.3) is 5.91 Å². The minimum Gasteiger partial charge on any atom is -0.489 e. The van der Waals surface area contributed by atoms with Crippen LogP contribution in [-0.4, -0.2) is 38.0 Å². The average Bonchev–Trinajstić information content (AvgIpc) is 3.06. The first-order chi connectivity index (χ1) is 14.7. The molecule has 1 heterocycles. The molecule has 3 rings (SSSR count). The summed E-state index contributed by atoms with van der Waals surface area (Å²) < 4.78 is 49.5. The molecule has 0 aliphatic carbocycles. The van der Waals surface area contributed by atoms with Gasteiger partial charge >= 0.3 is 6.18 Å². The summed E-state index contributed by atoms with van der Waals surface area (Å²) in [6, 6.07) is 8.38. The summed E-state index contributed by atoms with van der Waals surface area (Å²) in [7, 11) is 1.45. The topological polar surface area (TPSA) is 84.9 Å². The molecule has 31 heavy (non-hydrogen) atoms. The van der Waals surface area contributed by atoms with E-state index in [0.717, 1.165) is 23.1 Å². The maximum atomic E-state index is 13.1. The number of hydrogen-bond acceptors (Lipinski definition) is 5. The number of imide groups is 1. The quantitative estimate of drug-likeness (QED) is 0.529. The lowest BCUT2D eigenvalue weighted by atomic mass is 10.1. The standard InChI is InChI=1S/C21H19F3N2O5/c1-30-10-11-31-17-7-4-14(21(22,23)24)12-16(17)25-20(29)13-2-5-15(6-3-13)26-18(27)8-9-19(26)28/h2-7,12H,8-11H2,1H3,(H,25,29). The molecule has 10 heteroatoms. The Labute approximate surface area is 175 Å². The molecule has 0 bridgehead atoms. The highest BCUT2D eigenvalue weighted by molar-refractivity contribution is 6.20. The van der Waals surface area contributed by atoms with Crippen LogP contribution in [0, 0.1) is 0 Å². The van der Waals surface area contributed by atoms with Crippen LogP contribution in [0.25, 0.3) is 0 Å². The maximum Gasteiger partial charge on any atom is 0.416 e. The lowest BCUT2D eigenvalue weighted by Crippen LogP contribution is -2.28. The second-order valence-corrected chi connectivity index (χ2v) is 6.67. The molecule has 1 aliphatic heterocycles. The molecule has 0 atom stereocenters. The molecule has 1 fully saturated rings. The van der Waals surface area contributed by atoms with Crippen molar-refractivity contribution in [3.63, 3.8) is 0 Å². The van der Waals surface area contributed by atoms with Crippen LogP contribution in [0.5, 0.6) is 5.75 Å². The predicted octanol–water partition coefficient (Wildman–Crippen LogP) is 3.64. The largest absolute Gasteiger partial charge is 0.489 e. The third kappa shape index (κ3) is 5.21. The molecule has 0 unspecified atom stereocenters. The second-order valence-electron chi connectivity index (χ2n) is 6.67. The zero-order valence-electron chi connectivity index (χ0n) is 16.5. The first-order valence-corrected chi connectivity index (χ1v) is 9.31. The van der Waals surface area contributed by atoms with E-state index in [1.165, 1.54) is 31.4 Å². The number of amides is 3. The van der Waals surface area contributed by atoms with Crippen LogP contribution in [-0.2, 0) is 20.5 Å². The molecular formula is C21H19F3N2O5. The number of carbonyl (C=O) groups excluding carboxylic acids is 3. The Balaban J connectivity index is 1.81. The van der Waals surface area contributed by atoms with Crippen molar-refractivity contribution in [1.82, 2.24) is 0 Å². The molecule has 0 spiro atoms. The Morgan fingerprint density at radius 1 is 1.03 bits per heavy atom. The average molecular weight is 436 g/mol. The van der Waals surface area contributed by atoms with Gasteiger partial charge in [-0.05, 0) is 42.5 Å². The Bertz CT molecular complexity index is 973. The van der Waals surface area contributed by atoms with Gasteiger partial charge in [0.1, 0.15) is 12.4 Å². The number of hydrogen-bond donors (Lipinski definition) is 1. The van der Waals surface area contributed by atoms with Crippen molar-refractivity contribution in [3.8, 4) is 5.75 Å². The molecule has 2 aromatic rings. The van der Waals surface area contributed by atoms with Crippen LogP contribution in [0.2, 0.25) is 0 Å². The summed E-state index contributed by atoms with van der Waals surface area (Å²) in [4.78, 5) is 37.3. The highest BCUT2D eigenvalue weighted by Gasteiger charge is 2.32. The molecule has 0 saturated carbocycles. The first kappa shape index (κ1) is 22.3. The number of nitrogens with zero attached hydrogens (tertiary/aromatic N) is 1. The van der Waals surface area contributed by atoms with Crippen molar-refractivity contribution in [1.29, 1.82) is 0 Å². The summed E-state index contributed by atoms with van der Waals surface area (Å²) >= 11 is 0.